The summed E-state index contributed by atoms with van der Waals surface area (Å²) in [6.07, 6.45) is 0.217. The fourth-order valence-electron chi connectivity index (χ4n) is 2.17. The number of benzene rings is 2. The summed E-state index contributed by atoms with van der Waals surface area (Å²) in [5, 5.41) is 5.61. The Morgan fingerprint density at radius 2 is 1.44 bits per heavy atom. The molecule has 0 radical (unpaired) electrons. The van der Waals surface area contributed by atoms with E-state index in [9.17, 15) is 9.59 Å². The molecule has 0 bridgehead atoms. The van der Waals surface area contributed by atoms with Gasteiger partial charge in [0.25, 0.3) is 0 Å². The molecule has 2 aromatic rings. The topological polar surface area (TPSA) is 70.7 Å². The highest BCUT2D eigenvalue weighted by molar-refractivity contribution is 6.00. The minimum atomic E-state index is -0.176. The molecular formula is C19H23N3O3. The molecule has 0 aromatic heterocycles. The summed E-state index contributed by atoms with van der Waals surface area (Å²) in [5.41, 5.74) is 1.14. The van der Waals surface area contributed by atoms with Crippen molar-refractivity contribution in [1.29, 1.82) is 0 Å². The highest BCUT2D eigenvalue weighted by Gasteiger charge is 2.10. The zero-order valence-corrected chi connectivity index (χ0v) is 14.5. The van der Waals surface area contributed by atoms with Gasteiger partial charge in [-0.25, -0.2) is 0 Å². The van der Waals surface area contributed by atoms with Crippen LogP contribution in [0.15, 0.2) is 54.6 Å². The molecule has 0 spiro atoms. The molecule has 0 fully saturated rings. The van der Waals surface area contributed by atoms with E-state index >= 15 is 0 Å². The lowest BCUT2D eigenvalue weighted by molar-refractivity contribution is -0.117. The zero-order chi connectivity index (χ0) is 18.1. The van der Waals surface area contributed by atoms with Crippen molar-refractivity contribution in [3.05, 3.63) is 54.6 Å². The number of hydrogen-bond donors (Lipinski definition) is 2. The van der Waals surface area contributed by atoms with Gasteiger partial charge in [0.15, 0.2) is 0 Å². The predicted molar refractivity (Wildman–Crippen MR) is 98.8 cm³/mol. The Morgan fingerprint density at radius 1 is 0.880 bits per heavy atom. The zero-order valence-electron chi connectivity index (χ0n) is 14.5. The number of hydrogen-bond acceptors (Lipinski definition) is 4. The van der Waals surface area contributed by atoms with Crippen LogP contribution in [0.5, 0.6) is 5.75 Å². The summed E-state index contributed by atoms with van der Waals surface area (Å²) in [6, 6.07) is 16.5. The van der Waals surface area contributed by atoms with Crippen molar-refractivity contribution in [3.63, 3.8) is 0 Å². The summed E-state index contributed by atoms with van der Waals surface area (Å²) in [7, 11) is 3.64. The fraction of sp³-hybridized carbons (Fsp3) is 0.263. The van der Waals surface area contributed by atoms with Gasteiger partial charge in [-0.3, -0.25) is 9.59 Å². The van der Waals surface area contributed by atoms with Crippen LogP contribution in [0.25, 0.3) is 0 Å². The number of anilines is 2. The molecule has 0 unspecified atom stereocenters. The standard InChI is InChI=1S/C19H23N3O3/c1-22(2)14-19(24)21-17-11-7-6-10-16(17)20-18(23)12-13-25-15-8-4-3-5-9-15/h3-11H,12-14H2,1-2H3,(H,20,23)(H,21,24). The Labute approximate surface area is 147 Å². The highest BCUT2D eigenvalue weighted by atomic mass is 16.5. The molecule has 132 valence electrons. The maximum atomic E-state index is 12.1. The summed E-state index contributed by atoms with van der Waals surface area (Å²) in [5.74, 6) is 0.413. The van der Waals surface area contributed by atoms with E-state index in [1.165, 1.54) is 0 Å². The Kier molecular flexibility index (Phi) is 6.98. The van der Waals surface area contributed by atoms with Crippen molar-refractivity contribution in [3.8, 4) is 5.75 Å². The first-order chi connectivity index (χ1) is 12.0. The summed E-state index contributed by atoms with van der Waals surface area (Å²) >= 11 is 0. The molecule has 2 N–H and O–H groups in total. The van der Waals surface area contributed by atoms with Crippen molar-refractivity contribution in [2.45, 2.75) is 6.42 Å². The van der Waals surface area contributed by atoms with E-state index in [1.807, 2.05) is 44.4 Å². The lowest BCUT2D eigenvalue weighted by atomic mass is 10.2. The summed E-state index contributed by atoms with van der Waals surface area (Å²) in [4.78, 5) is 25.8. The normalized spacial score (nSPS) is 10.4. The number of amides is 2. The van der Waals surface area contributed by atoms with Gasteiger partial charge in [0.05, 0.1) is 30.9 Å². The van der Waals surface area contributed by atoms with E-state index in [-0.39, 0.29) is 31.4 Å². The van der Waals surface area contributed by atoms with Crippen molar-refractivity contribution in [2.24, 2.45) is 0 Å². The smallest absolute Gasteiger partial charge is 0.238 e. The van der Waals surface area contributed by atoms with Crippen LogP contribution in [0, 0.1) is 0 Å². The first-order valence-corrected chi connectivity index (χ1v) is 8.06. The van der Waals surface area contributed by atoms with E-state index in [2.05, 4.69) is 10.6 Å². The second-order valence-corrected chi connectivity index (χ2v) is 5.79. The van der Waals surface area contributed by atoms with Crippen molar-refractivity contribution < 1.29 is 14.3 Å². The molecule has 0 saturated carbocycles. The van der Waals surface area contributed by atoms with E-state index in [0.29, 0.717) is 11.4 Å². The average Bonchev–Trinajstić information content (AvgIpc) is 2.57. The number of rotatable bonds is 8. The van der Waals surface area contributed by atoms with Gasteiger partial charge < -0.3 is 20.3 Å². The predicted octanol–water partition coefficient (Wildman–Crippen LogP) is 2.59. The van der Waals surface area contributed by atoms with Gasteiger partial charge in [0.2, 0.25) is 11.8 Å². The molecule has 2 rings (SSSR count). The molecule has 2 aromatic carbocycles. The van der Waals surface area contributed by atoms with Crippen LogP contribution >= 0.6 is 0 Å². The second kappa shape index (κ2) is 9.44. The third-order valence-corrected chi connectivity index (χ3v) is 3.28. The van der Waals surface area contributed by atoms with Crippen LogP contribution in [-0.4, -0.2) is 44.0 Å². The molecular weight excluding hydrogens is 318 g/mol. The SMILES string of the molecule is CN(C)CC(=O)Nc1ccccc1NC(=O)CCOc1ccccc1. The minimum Gasteiger partial charge on any atom is -0.493 e. The maximum Gasteiger partial charge on any atom is 0.238 e. The largest absolute Gasteiger partial charge is 0.493 e. The molecule has 0 aliphatic rings. The number of nitrogens with one attached hydrogen (secondary N) is 2. The molecule has 0 saturated heterocycles. The van der Waals surface area contributed by atoms with E-state index < -0.39 is 0 Å². The lowest BCUT2D eigenvalue weighted by Crippen LogP contribution is -2.27. The highest BCUT2D eigenvalue weighted by Crippen LogP contribution is 2.21. The Balaban J connectivity index is 1.86. The number of carbonyl (C=O) groups is 2. The average molecular weight is 341 g/mol. The quantitative estimate of drug-likeness (QED) is 0.774. The van der Waals surface area contributed by atoms with Gasteiger partial charge in [-0.1, -0.05) is 30.3 Å². The summed E-state index contributed by atoms with van der Waals surface area (Å²) < 4.78 is 5.52. The van der Waals surface area contributed by atoms with Gasteiger partial charge in [-0.15, -0.1) is 0 Å². The second-order valence-electron chi connectivity index (χ2n) is 5.79. The van der Waals surface area contributed by atoms with Crippen molar-refractivity contribution in [1.82, 2.24) is 4.90 Å². The van der Waals surface area contributed by atoms with Crippen molar-refractivity contribution >= 4 is 23.2 Å². The van der Waals surface area contributed by atoms with Gasteiger partial charge in [0, 0.05) is 0 Å². The van der Waals surface area contributed by atoms with Crippen LogP contribution in [0.2, 0.25) is 0 Å². The Hall–Kier alpha value is -2.86. The first-order valence-electron chi connectivity index (χ1n) is 8.06. The van der Waals surface area contributed by atoms with Crippen LogP contribution in [0.1, 0.15) is 6.42 Å². The molecule has 6 nitrogen and oxygen atoms in total. The minimum absolute atomic E-state index is 0.140. The molecule has 0 aliphatic carbocycles. The third-order valence-electron chi connectivity index (χ3n) is 3.28. The van der Waals surface area contributed by atoms with Crippen molar-refractivity contribution in [2.75, 3.05) is 37.9 Å². The third kappa shape index (κ3) is 6.64. The van der Waals surface area contributed by atoms with E-state index in [0.717, 1.165) is 5.75 Å². The summed E-state index contributed by atoms with van der Waals surface area (Å²) in [6.45, 7) is 0.554. The monoisotopic (exact) mass is 341 g/mol. The molecule has 25 heavy (non-hydrogen) atoms. The number of carbonyl (C=O) groups excluding carboxylic acids is 2. The number of likely N-dealkylation sites (N-methyl/N-ethyl adjacent to an activating group) is 1. The van der Waals surface area contributed by atoms with Crippen LogP contribution in [0.4, 0.5) is 11.4 Å². The number of ether oxygens (including phenoxy) is 1. The lowest BCUT2D eigenvalue weighted by Gasteiger charge is -2.14. The fourth-order valence-corrected chi connectivity index (χ4v) is 2.17. The molecule has 2 amide bonds. The maximum absolute atomic E-state index is 12.1. The van der Waals surface area contributed by atoms with Crippen LogP contribution in [-0.2, 0) is 9.59 Å². The number of para-hydroxylation sites is 3. The van der Waals surface area contributed by atoms with Gasteiger partial charge in [-0.2, -0.15) is 0 Å². The molecule has 0 aliphatic heterocycles. The van der Waals surface area contributed by atoms with Gasteiger partial charge in [-0.05, 0) is 38.4 Å². The van der Waals surface area contributed by atoms with Gasteiger partial charge in [0.1, 0.15) is 5.75 Å². The van der Waals surface area contributed by atoms with E-state index in [4.69, 9.17) is 4.74 Å². The molecule has 0 heterocycles. The van der Waals surface area contributed by atoms with Crippen LogP contribution < -0.4 is 15.4 Å². The number of nitrogens with zero attached hydrogens (tertiary/aromatic N) is 1. The first kappa shape index (κ1) is 18.5. The molecule has 0 atom stereocenters. The molecule has 6 heteroatoms. The van der Waals surface area contributed by atoms with Crippen LogP contribution in [0.3, 0.4) is 0 Å². The van der Waals surface area contributed by atoms with E-state index in [1.54, 1.807) is 29.2 Å². The Morgan fingerprint density at radius 3 is 2.04 bits per heavy atom. The Bertz CT molecular complexity index is 702. The van der Waals surface area contributed by atoms with Gasteiger partial charge >= 0.3 is 0 Å².